The number of aldehydes is 1. The molecule has 1 aliphatic carbocycles. The zero-order chi connectivity index (χ0) is 14.7. The highest BCUT2D eigenvalue weighted by Crippen LogP contribution is 2.37. The number of amides is 1. The summed E-state index contributed by atoms with van der Waals surface area (Å²) in [6.45, 7) is 0.181. The highest BCUT2D eigenvalue weighted by atomic mass is 16.5. The Hall–Kier alpha value is -2.63. The molecule has 1 aromatic heterocycles. The molecule has 0 unspecified atom stereocenters. The van der Waals surface area contributed by atoms with Gasteiger partial charge < -0.3 is 4.74 Å². The lowest BCUT2D eigenvalue weighted by molar-refractivity contribution is 0.112. The van der Waals surface area contributed by atoms with Gasteiger partial charge in [-0.15, -0.1) is 0 Å². The van der Waals surface area contributed by atoms with Gasteiger partial charge in [0.15, 0.2) is 6.29 Å². The summed E-state index contributed by atoms with van der Waals surface area (Å²) >= 11 is 0. The van der Waals surface area contributed by atoms with Crippen molar-refractivity contribution >= 4 is 18.2 Å². The van der Waals surface area contributed by atoms with Gasteiger partial charge in [0.1, 0.15) is 12.4 Å². The van der Waals surface area contributed by atoms with Crippen molar-refractivity contribution in [3.63, 3.8) is 0 Å². The summed E-state index contributed by atoms with van der Waals surface area (Å²) in [5, 5.41) is 6.75. The Morgan fingerprint density at radius 2 is 2.14 bits per heavy atom. The van der Waals surface area contributed by atoms with Crippen LogP contribution in [0.2, 0.25) is 0 Å². The zero-order valence-corrected chi connectivity index (χ0v) is 11.4. The summed E-state index contributed by atoms with van der Waals surface area (Å²) in [5.41, 5.74) is 1.26. The van der Waals surface area contributed by atoms with Gasteiger partial charge in [-0.2, -0.15) is 5.10 Å². The number of benzene rings is 1. The Kier molecular flexibility index (Phi) is 3.68. The first-order chi connectivity index (χ1) is 10.3. The lowest BCUT2D eigenvalue weighted by Gasteiger charge is -2.09. The van der Waals surface area contributed by atoms with Crippen LogP contribution in [0.5, 0.6) is 0 Å². The predicted octanol–water partition coefficient (Wildman–Crippen LogP) is 2.78. The molecule has 2 aromatic rings. The van der Waals surface area contributed by atoms with Crippen molar-refractivity contribution in [2.24, 2.45) is 0 Å². The van der Waals surface area contributed by atoms with Crippen LogP contribution in [0.4, 0.5) is 10.6 Å². The predicted molar refractivity (Wildman–Crippen MR) is 76.1 cm³/mol. The molecule has 1 fully saturated rings. The molecule has 0 saturated heterocycles. The van der Waals surface area contributed by atoms with E-state index < -0.39 is 6.09 Å². The van der Waals surface area contributed by atoms with Crippen molar-refractivity contribution in [2.75, 3.05) is 5.32 Å². The number of carbonyl (C=O) groups excluding carboxylic acids is 2. The molecule has 3 rings (SSSR count). The molecular weight excluding hydrogens is 270 g/mol. The van der Waals surface area contributed by atoms with E-state index >= 15 is 0 Å². The van der Waals surface area contributed by atoms with Crippen LogP contribution in [0.15, 0.2) is 36.5 Å². The van der Waals surface area contributed by atoms with Crippen molar-refractivity contribution in [1.82, 2.24) is 9.78 Å². The van der Waals surface area contributed by atoms with Crippen LogP contribution in [-0.4, -0.2) is 22.2 Å². The topological polar surface area (TPSA) is 73.2 Å². The number of carbonyl (C=O) groups is 2. The first kappa shape index (κ1) is 13.4. The van der Waals surface area contributed by atoms with E-state index in [0.717, 1.165) is 18.4 Å². The molecule has 0 atom stereocenters. The molecule has 1 aliphatic rings. The van der Waals surface area contributed by atoms with E-state index in [2.05, 4.69) is 10.4 Å². The Bertz CT molecular complexity index is 647. The molecule has 108 valence electrons. The van der Waals surface area contributed by atoms with E-state index in [1.165, 1.54) is 6.20 Å². The van der Waals surface area contributed by atoms with Gasteiger partial charge in [-0.05, 0) is 18.4 Å². The SMILES string of the molecule is O=Cc1cnn(C2CC2)c1NC(=O)OCc1ccccc1. The second kappa shape index (κ2) is 5.78. The number of nitrogens with one attached hydrogen (secondary N) is 1. The second-order valence-corrected chi connectivity index (χ2v) is 4.93. The molecule has 1 amide bonds. The summed E-state index contributed by atoms with van der Waals surface area (Å²) in [6, 6.07) is 9.67. The Morgan fingerprint density at radius 3 is 2.81 bits per heavy atom. The lowest BCUT2D eigenvalue weighted by Crippen LogP contribution is -2.17. The molecule has 0 aliphatic heterocycles. The van der Waals surface area contributed by atoms with Gasteiger partial charge in [-0.1, -0.05) is 30.3 Å². The first-order valence-electron chi connectivity index (χ1n) is 6.78. The average Bonchev–Trinajstić information content (AvgIpc) is 3.28. The van der Waals surface area contributed by atoms with E-state index in [1.54, 1.807) is 4.68 Å². The third-order valence-corrected chi connectivity index (χ3v) is 3.28. The van der Waals surface area contributed by atoms with Crippen molar-refractivity contribution < 1.29 is 14.3 Å². The molecule has 6 heteroatoms. The molecule has 1 heterocycles. The summed E-state index contributed by atoms with van der Waals surface area (Å²) in [6.07, 6.45) is 3.56. The van der Waals surface area contributed by atoms with Crippen LogP contribution < -0.4 is 5.32 Å². The van der Waals surface area contributed by atoms with E-state index in [-0.39, 0.29) is 12.6 Å². The van der Waals surface area contributed by atoms with Crippen molar-refractivity contribution in [3.05, 3.63) is 47.7 Å². The number of rotatable bonds is 5. The molecular formula is C15H15N3O3. The monoisotopic (exact) mass is 285 g/mol. The molecule has 0 radical (unpaired) electrons. The number of hydrogen-bond acceptors (Lipinski definition) is 4. The number of ether oxygens (including phenoxy) is 1. The quantitative estimate of drug-likeness (QED) is 0.857. The van der Waals surface area contributed by atoms with Crippen LogP contribution in [0.1, 0.15) is 34.8 Å². The van der Waals surface area contributed by atoms with E-state index in [4.69, 9.17) is 4.74 Å². The summed E-state index contributed by atoms with van der Waals surface area (Å²) in [5.74, 6) is 0.408. The molecule has 0 bridgehead atoms. The van der Waals surface area contributed by atoms with Gasteiger partial charge >= 0.3 is 6.09 Å². The zero-order valence-electron chi connectivity index (χ0n) is 11.4. The number of anilines is 1. The maximum Gasteiger partial charge on any atom is 0.413 e. The fourth-order valence-electron chi connectivity index (χ4n) is 2.04. The largest absolute Gasteiger partial charge is 0.444 e. The van der Waals surface area contributed by atoms with Gasteiger partial charge in [0, 0.05) is 0 Å². The average molecular weight is 285 g/mol. The van der Waals surface area contributed by atoms with Crippen LogP contribution in [0.25, 0.3) is 0 Å². The molecule has 1 saturated carbocycles. The standard InChI is InChI=1S/C15H15N3O3/c19-9-12-8-16-18(13-6-7-13)14(12)17-15(20)21-10-11-4-2-1-3-5-11/h1-5,8-9,13H,6-7,10H2,(H,17,20). The Labute approximate surface area is 121 Å². The van der Waals surface area contributed by atoms with Crippen LogP contribution in [0, 0.1) is 0 Å². The smallest absolute Gasteiger partial charge is 0.413 e. The Morgan fingerprint density at radius 1 is 1.38 bits per heavy atom. The van der Waals surface area contributed by atoms with Crippen molar-refractivity contribution in [1.29, 1.82) is 0 Å². The minimum Gasteiger partial charge on any atom is -0.444 e. The molecule has 0 spiro atoms. The van der Waals surface area contributed by atoms with Crippen LogP contribution in [-0.2, 0) is 11.3 Å². The van der Waals surface area contributed by atoms with Gasteiger partial charge in [0.2, 0.25) is 0 Å². The first-order valence-corrected chi connectivity index (χ1v) is 6.78. The molecule has 21 heavy (non-hydrogen) atoms. The van der Waals surface area contributed by atoms with Crippen molar-refractivity contribution in [2.45, 2.75) is 25.5 Å². The normalized spacial score (nSPS) is 13.7. The van der Waals surface area contributed by atoms with E-state index in [9.17, 15) is 9.59 Å². The molecule has 1 N–H and O–H groups in total. The van der Waals surface area contributed by atoms with Gasteiger partial charge in [-0.3, -0.25) is 10.1 Å². The maximum absolute atomic E-state index is 11.9. The van der Waals surface area contributed by atoms with E-state index in [0.29, 0.717) is 17.7 Å². The maximum atomic E-state index is 11.9. The third-order valence-electron chi connectivity index (χ3n) is 3.28. The highest BCUT2D eigenvalue weighted by molar-refractivity contribution is 5.91. The number of hydrogen-bond donors (Lipinski definition) is 1. The fraction of sp³-hybridized carbons (Fsp3) is 0.267. The molecule has 6 nitrogen and oxygen atoms in total. The summed E-state index contributed by atoms with van der Waals surface area (Å²) in [7, 11) is 0. The van der Waals surface area contributed by atoms with Crippen LogP contribution in [0.3, 0.4) is 0 Å². The molecule has 1 aromatic carbocycles. The summed E-state index contributed by atoms with van der Waals surface area (Å²) in [4.78, 5) is 22.9. The number of aromatic nitrogens is 2. The van der Waals surface area contributed by atoms with Gasteiger partial charge in [0.25, 0.3) is 0 Å². The van der Waals surface area contributed by atoms with Gasteiger partial charge in [-0.25, -0.2) is 9.48 Å². The minimum absolute atomic E-state index is 0.181. The second-order valence-electron chi connectivity index (χ2n) is 4.93. The van der Waals surface area contributed by atoms with Crippen molar-refractivity contribution in [3.8, 4) is 0 Å². The number of nitrogens with zero attached hydrogens (tertiary/aromatic N) is 2. The van der Waals surface area contributed by atoms with E-state index in [1.807, 2.05) is 30.3 Å². The lowest BCUT2D eigenvalue weighted by atomic mass is 10.2. The Balaban J connectivity index is 1.64. The summed E-state index contributed by atoms with van der Waals surface area (Å²) < 4.78 is 6.82. The van der Waals surface area contributed by atoms with Crippen LogP contribution >= 0.6 is 0 Å². The fourth-order valence-corrected chi connectivity index (χ4v) is 2.04. The minimum atomic E-state index is -0.593. The third kappa shape index (κ3) is 3.10. The highest BCUT2D eigenvalue weighted by Gasteiger charge is 2.28. The van der Waals surface area contributed by atoms with Gasteiger partial charge in [0.05, 0.1) is 17.8 Å².